The molecule has 2 nitrogen and oxygen atoms in total. The first kappa shape index (κ1) is 13.1. The Morgan fingerprint density at radius 3 is 2.53 bits per heavy atom. The molecule has 2 rings (SSSR count). The summed E-state index contributed by atoms with van der Waals surface area (Å²) in [7, 11) is 1.88. The highest BCUT2D eigenvalue weighted by atomic mass is 79.9. The van der Waals surface area contributed by atoms with E-state index in [0.717, 1.165) is 20.3 Å². The van der Waals surface area contributed by atoms with Gasteiger partial charge in [0.1, 0.15) is 5.76 Å². The van der Waals surface area contributed by atoms with Crippen molar-refractivity contribution in [2.45, 2.75) is 6.04 Å². The van der Waals surface area contributed by atoms with E-state index < -0.39 is 0 Å². The number of hydrogen-bond donors (Lipinski definition) is 1. The smallest absolute Gasteiger partial charge is 0.139 e. The van der Waals surface area contributed by atoms with Crippen LogP contribution in [0.3, 0.4) is 0 Å². The van der Waals surface area contributed by atoms with E-state index in [1.165, 1.54) is 0 Å². The van der Waals surface area contributed by atoms with Crippen LogP contribution in [0.1, 0.15) is 17.4 Å². The number of furan rings is 1. The van der Waals surface area contributed by atoms with Gasteiger partial charge in [-0.1, -0.05) is 17.7 Å². The summed E-state index contributed by atoms with van der Waals surface area (Å²) in [4.78, 5) is 0. The second-order valence-electron chi connectivity index (χ2n) is 3.53. The maximum Gasteiger partial charge on any atom is 0.139 e. The number of rotatable bonds is 3. The maximum atomic E-state index is 6.10. The van der Waals surface area contributed by atoms with Gasteiger partial charge < -0.3 is 9.73 Å². The van der Waals surface area contributed by atoms with Crippen molar-refractivity contribution in [3.63, 3.8) is 0 Å². The first-order valence-corrected chi connectivity index (χ1v) is 6.95. The molecule has 2 aromatic rings. The van der Waals surface area contributed by atoms with Crippen LogP contribution in [0.4, 0.5) is 0 Å². The summed E-state index contributed by atoms with van der Waals surface area (Å²) >= 11 is 12.9. The van der Waals surface area contributed by atoms with E-state index in [-0.39, 0.29) is 6.04 Å². The zero-order valence-corrected chi connectivity index (χ0v) is 12.9. The Bertz CT molecular complexity index is 527. The van der Waals surface area contributed by atoms with Gasteiger partial charge in [0.2, 0.25) is 0 Å². The second-order valence-corrected chi connectivity index (χ2v) is 5.64. The Hall–Kier alpha value is -0.290. The monoisotopic (exact) mass is 377 g/mol. The Labute approximate surface area is 122 Å². The molecule has 0 radical (unpaired) electrons. The minimum atomic E-state index is -0.0232. The minimum Gasteiger partial charge on any atom is -0.466 e. The van der Waals surface area contributed by atoms with Gasteiger partial charge in [-0.2, -0.15) is 0 Å². The van der Waals surface area contributed by atoms with Crippen molar-refractivity contribution in [2.75, 3.05) is 7.05 Å². The van der Waals surface area contributed by atoms with Gasteiger partial charge in [0.05, 0.1) is 21.8 Å². The molecule has 1 unspecified atom stereocenters. The average molecular weight is 379 g/mol. The van der Waals surface area contributed by atoms with E-state index in [9.17, 15) is 0 Å². The fourth-order valence-corrected chi connectivity index (χ4v) is 2.52. The number of benzene rings is 1. The van der Waals surface area contributed by atoms with Crippen LogP contribution in [0.15, 0.2) is 43.9 Å². The predicted molar refractivity (Wildman–Crippen MR) is 76.5 cm³/mol. The van der Waals surface area contributed by atoms with Crippen LogP contribution in [0.5, 0.6) is 0 Å². The minimum absolute atomic E-state index is 0.0232. The largest absolute Gasteiger partial charge is 0.466 e. The second kappa shape index (κ2) is 5.57. The van der Waals surface area contributed by atoms with E-state index in [4.69, 9.17) is 16.0 Å². The van der Waals surface area contributed by atoms with Gasteiger partial charge in [-0.15, -0.1) is 0 Å². The molecule has 17 heavy (non-hydrogen) atoms. The van der Waals surface area contributed by atoms with Crippen LogP contribution >= 0.6 is 43.5 Å². The first-order valence-electron chi connectivity index (χ1n) is 4.98. The van der Waals surface area contributed by atoms with Gasteiger partial charge in [0.25, 0.3) is 0 Å². The fraction of sp³-hybridized carbons (Fsp3) is 0.167. The van der Waals surface area contributed by atoms with Crippen LogP contribution in [0.2, 0.25) is 5.02 Å². The van der Waals surface area contributed by atoms with Gasteiger partial charge in [0, 0.05) is 4.47 Å². The normalized spacial score (nSPS) is 12.7. The third kappa shape index (κ3) is 2.76. The molecule has 1 heterocycles. The Kier molecular flexibility index (Phi) is 4.31. The quantitative estimate of drug-likeness (QED) is 0.831. The van der Waals surface area contributed by atoms with Gasteiger partial charge in [0.15, 0.2) is 0 Å². The first-order chi connectivity index (χ1) is 8.13. The van der Waals surface area contributed by atoms with Crippen molar-refractivity contribution in [3.05, 3.63) is 55.8 Å². The number of halogens is 3. The lowest BCUT2D eigenvalue weighted by Crippen LogP contribution is -2.17. The number of nitrogens with one attached hydrogen (secondary N) is 1. The molecule has 1 aromatic heterocycles. The summed E-state index contributed by atoms with van der Waals surface area (Å²) in [6, 6.07) is 7.71. The molecular weight excluding hydrogens is 369 g/mol. The Morgan fingerprint density at radius 1 is 1.24 bits per heavy atom. The molecule has 0 amide bonds. The molecule has 5 heteroatoms. The molecule has 1 atom stereocenters. The Morgan fingerprint density at radius 2 is 2.00 bits per heavy atom. The zero-order chi connectivity index (χ0) is 12.4. The summed E-state index contributed by atoms with van der Waals surface area (Å²) in [6.07, 6.45) is 1.66. The van der Waals surface area contributed by atoms with Crippen LogP contribution in [0, 0.1) is 0 Å². The molecule has 0 aliphatic carbocycles. The summed E-state index contributed by atoms with van der Waals surface area (Å²) in [6.45, 7) is 0. The third-order valence-corrected chi connectivity index (χ3v) is 4.36. The molecule has 0 saturated carbocycles. The van der Waals surface area contributed by atoms with Crippen LogP contribution in [0.25, 0.3) is 0 Å². The molecule has 1 aromatic carbocycles. The average Bonchev–Trinajstić information content (AvgIpc) is 2.71. The fourth-order valence-electron chi connectivity index (χ4n) is 1.65. The summed E-state index contributed by atoms with van der Waals surface area (Å²) in [5.41, 5.74) is 1.05. The molecule has 0 saturated heterocycles. The molecule has 0 bridgehead atoms. The topological polar surface area (TPSA) is 25.2 Å². The van der Waals surface area contributed by atoms with Crippen molar-refractivity contribution >= 4 is 43.5 Å². The standard InChI is InChI=1S/C12H10Br2ClNO/c1-16-11(12-9(14)4-5-17-12)7-2-3-8(13)10(15)6-7/h2-6,11,16H,1H3. The van der Waals surface area contributed by atoms with Crippen LogP contribution in [-0.4, -0.2) is 7.05 Å². The number of hydrogen-bond acceptors (Lipinski definition) is 2. The molecule has 1 N–H and O–H groups in total. The third-order valence-electron chi connectivity index (χ3n) is 2.47. The van der Waals surface area contributed by atoms with Crippen molar-refractivity contribution in [1.29, 1.82) is 0 Å². The van der Waals surface area contributed by atoms with Gasteiger partial charge >= 0.3 is 0 Å². The van der Waals surface area contributed by atoms with Crippen LogP contribution in [-0.2, 0) is 0 Å². The predicted octanol–water partition coefficient (Wildman–Crippen LogP) is 4.77. The highest BCUT2D eigenvalue weighted by Gasteiger charge is 2.18. The summed E-state index contributed by atoms with van der Waals surface area (Å²) < 4.78 is 7.30. The summed E-state index contributed by atoms with van der Waals surface area (Å²) in [5.74, 6) is 0.839. The lowest BCUT2D eigenvalue weighted by Gasteiger charge is -2.15. The van der Waals surface area contributed by atoms with Crippen molar-refractivity contribution < 1.29 is 4.42 Å². The van der Waals surface area contributed by atoms with Gasteiger partial charge in [-0.05, 0) is 62.7 Å². The molecule has 0 aliphatic rings. The van der Waals surface area contributed by atoms with E-state index in [1.54, 1.807) is 6.26 Å². The highest BCUT2D eigenvalue weighted by Crippen LogP contribution is 2.32. The summed E-state index contributed by atoms with van der Waals surface area (Å²) in [5, 5.41) is 3.90. The lowest BCUT2D eigenvalue weighted by molar-refractivity contribution is 0.461. The van der Waals surface area contributed by atoms with Gasteiger partial charge in [-0.3, -0.25) is 0 Å². The van der Waals surface area contributed by atoms with Gasteiger partial charge in [-0.25, -0.2) is 0 Å². The van der Waals surface area contributed by atoms with E-state index in [0.29, 0.717) is 5.02 Å². The van der Waals surface area contributed by atoms with Crippen LogP contribution < -0.4 is 5.32 Å². The lowest BCUT2D eigenvalue weighted by atomic mass is 10.1. The molecular formula is C12H10Br2ClNO. The zero-order valence-electron chi connectivity index (χ0n) is 9.01. The molecule has 0 aliphatic heterocycles. The maximum absolute atomic E-state index is 6.10. The van der Waals surface area contributed by atoms with E-state index in [1.807, 2.05) is 31.3 Å². The SMILES string of the molecule is CNC(c1ccc(Br)c(Cl)c1)c1occc1Br. The van der Waals surface area contributed by atoms with Crippen molar-refractivity contribution in [3.8, 4) is 0 Å². The van der Waals surface area contributed by atoms with Crippen molar-refractivity contribution in [1.82, 2.24) is 5.32 Å². The van der Waals surface area contributed by atoms with Crippen molar-refractivity contribution in [2.24, 2.45) is 0 Å². The molecule has 0 fully saturated rings. The van der Waals surface area contributed by atoms with E-state index >= 15 is 0 Å². The molecule has 90 valence electrons. The molecule has 0 spiro atoms. The highest BCUT2D eigenvalue weighted by molar-refractivity contribution is 9.10. The van der Waals surface area contributed by atoms with E-state index in [2.05, 4.69) is 37.2 Å². The Balaban J connectivity index is 2.42.